The Kier molecular flexibility index (Phi) is 5.73. The van der Waals surface area contributed by atoms with Gasteiger partial charge in [0.05, 0.1) is 5.52 Å². The molecule has 1 atom stereocenters. The van der Waals surface area contributed by atoms with Crippen LogP contribution < -0.4 is 10.2 Å². The Labute approximate surface area is 194 Å². The number of nitrogens with one attached hydrogen (secondary N) is 1. The summed E-state index contributed by atoms with van der Waals surface area (Å²) in [5.41, 5.74) is 6.91. The highest BCUT2D eigenvalue weighted by molar-refractivity contribution is 5.95. The fourth-order valence-corrected chi connectivity index (χ4v) is 4.57. The lowest BCUT2D eigenvalue weighted by Gasteiger charge is -2.22. The molecule has 1 saturated heterocycles. The van der Waals surface area contributed by atoms with Crippen LogP contribution in [0.2, 0.25) is 0 Å². The summed E-state index contributed by atoms with van der Waals surface area (Å²) in [4.78, 5) is 9.29. The average molecular weight is 441 g/mol. The second-order valence-corrected chi connectivity index (χ2v) is 9.08. The van der Waals surface area contributed by atoms with E-state index in [1.807, 2.05) is 36.5 Å². The van der Waals surface area contributed by atoms with Crippen molar-refractivity contribution < 1.29 is 4.39 Å². The van der Waals surface area contributed by atoms with Gasteiger partial charge in [0.25, 0.3) is 0 Å². The summed E-state index contributed by atoms with van der Waals surface area (Å²) >= 11 is 0. The van der Waals surface area contributed by atoms with Crippen LogP contribution in [-0.2, 0) is 0 Å². The number of aromatic nitrogens is 1. The molecule has 0 radical (unpaired) electrons. The maximum atomic E-state index is 13.7. The van der Waals surface area contributed by atoms with Crippen molar-refractivity contribution in [2.24, 2.45) is 0 Å². The maximum absolute atomic E-state index is 13.7. The van der Waals surface area contributed by atoms with Crippen LogP contribution >= 0.6 is 0 Å². The first-order chi connectivity index (χ1) is 16.0. The molecule has 4 aromatic rings. The summed E-state index contributed by atoms with van der Waals surface area (Å²) < 4.78 is 13.7. The highest BCUT2D eigenvalue weighted by Gasteiger charge is 2.23. The lowest BCUT2D eigenvalue weighted by atomic mass is 10.0. The van der Waals surface area contributed by atoms with E-state index in [4.69, 9.17) is 0 Å². The van der Waals surface area contributed by atoms with Gasteiger partial charge in [-0.3, -0.25) is 4.98 Å². The average Bonchev–Trinajstić information content (AvgIpc) is 3.32. The molecule has 0 amide bonds. The number of rotatable bonds is 5. The normalized spacial score (nSPS) is 16.0. The van der Waals surface area contributed by atoms with Gasteiger partial charge in [-0.2, -0.15) is 0 Å². The van der Waals surface area contributed by atoms with Crippen LogP contribution in [-0.4, -0.2) is 43.1 Å². The first kappa shape index (κ1) is 21.4. The van der Waals surface area contributed by atoms with Gasteiger partial charge in [0.1, 0.15) is 5.82 Å². The third-order valence-corrected chi connectivity index (χ3v) is 6.64. The maximum Gasteiger partial charge on any atom is 0.126 e. The molecule has 1 aromatic heterocycles. The minimum atomic E-state index is -0.182. The van der Waals surface area contributed by atoms with Gasteiger partial charge < -0.3 is 15.1 Å². The zero-order valence-corrected chi connectivity index (χ0v) is 19.3. The predicted molar refractivity (Wildman–Crippen MR) is 136 cm³/mol. The van der Waals surface area contributed by atoms with Crippen LogP contribution in [0.25, 0.3) is 22.0 Å². The molecule has 0 bridgehead atoms. The van der Waals surface area contributed by atoms with E-state index in [-0.39, 0.29) is 5.82 Å². The van der Waals surface area contributed by atoms with Gasteiger partial charge in [-0.05, 0) is 98.7 Å². The Morgan fingerprint density at radius 3 is 2.45 bits per heavy atom. The number of hydrogen-bond donors (Lipinski definition) is 1. The fraction of sp³-hybridized carbons (Fsp3) is 0.250. The van der Waals surface area contributed by atoms with E-state index >= 15 is 0 Å². The number of hydrogen-bond acceptors (Lipinski definition) is 4. The summed E-state index contributed by atoms with van der Waals surface area (Å²) in [6.07, 6.45) is 3.03. The van der Waals surface area contributed by atoms with E-state index in [0.717, 1.165) is 46.5 Å². The Morgan fingerprint density at radius 2 is 1.73 bits per heavy atom. The number of anilines is 3. The quantitative estimate of drug-likeness (QED) is 0.398. The van der Waals surface area contributed by atoms with E-state index in [9.17, 15) is 4.39 Å². The topological polar surface area (TPSA) is 31.4 Å². The number of halogens is 1. The minimum absolute atomic E-state index is 0.182. The van der Waals surface area contributed by atoms with Crippen molar-refractivity contribution in [3.05, 3.63) is 84.3 Å². The third-order valence-electron chi connectivity index (χ3n) is 6.64. The van der Waals surface area contributed by atoms with E-state index in [1.54, 1.807) is 6.92 Å². The van der Waals surface area contributed by atoms with Crippen molar-refractivity contribution in [2.75, 3.05) is 37.4 Å². The number of likely N-dealkylation sites (N-methyl/N-ethyl adjacent to an activating group) is 1. The Bertz CT molecular complexity index is 1280. The lowest BCUT2D eigenvalue weighted by Crippen LogP contribution is -2.31. The summed E-state index contributed by atoms with van der Waals surface area (Å²) in [5.74, 6) is -0.182. The van der Waals surface area contributed by atoms with E-state index in [2.05, 4.69) is 64.5 Å². The van der Waals surface area contributed by atoms with Crippen molar-refractivity contribution in [3.63, 3.8) is 0 Å². The molecule has 1 unspecified atom stereocenters. The van der Waals surface area contributed by atoms with Crippen LogP contribution in [0.1, 0.15) is 12.0 Å². The third kappa shape index (κ3) is 4.41. The molecule has 33 heavy (non-hydrogen) atoms. The lowest BCUT2D eigenvalue weighted by molar-refractivity contribution is 0.315. The molecule has 5 heteroatoms. The summed E-state index contributed by atoms with van der Waals surface area (Å²) in [6.45, 7) is 3.96. The molecule has 5 rings (SSSR count). The Hall–Kier alpha value is -3.44. The first-order valence-corrected chi connectivity index (χ1v) is 11.4. The van der Waals surface area contributed by atoms with E-state index in [0.29, 0.717) is 11.6 Å². The molecule has 168 valence electrons. The van der Waals surface area contributed by atoms with Crippen LogP contribution in [0.3, 0.4) is 0 Å². The molecular formula is C28H29FN4. The van der Waals surface area contributed by atoms with Crippen LogP contribution in [0, 0.1) is 12.7 Å². The molecular weight excluding hydrogens is 411 g/mol. The molecule has 1 aliphatic rings. The predicted octanol–water partition coefficient (Wildman–Crippen LogP) is 6.23. The largest absolute Gasteiger partial charge is 0.370 e. The second kappa shape index (κ2) is 8.83. The van der Waals surface area contributed by atoms with Gasteiger partial charge in [-0.15, -0.1) is 0 Å². The molecule has 0 saturated carbocycles. The molecule has 0 aliphatic carbocycles. The molecule has 1 aliphatic heterocycles. The second-order valence-electron chi connectivity index (χ2n) is 9.08. The highest BCUT2D eigenvalue weighted by atomic mass is 19.1. The zero-order chi connectivity index (χ0) is 22.9. The Balaban J connectivity index is 1.40. The van der Waals surface area contributed by atoms with Gasteiger partial charge >= 0.3 is 0 Å². The van der Waals surface area contributed by atoms with Crippen molar-refractivity contribution in [1.29, 1.82) is 0 Å². The molecule has 1 fully saturated rings. The number of aryl methyl sites for hydroxylation is 1. The highest BCUT2D eigenvalue weighted by Crippen LogP contribution is 2.31. The van der Waals surface area contributed by atoms with Crippen LogP contribution in [0.15, 0.2) is 72.9 Å². The SMILES string of the molecule is Cc1cc(-c2ccc3nccc(Nc4ccc(N5CCC(N(C)C)C5)cc4)c3c2)ccc1F. The Morgan fingerprint density at radius 1 is 0.970 bits per heavy atom. The summed E-state index contributed by atoms with van der Waals surface area (Å²) in [6, 6.07) is 22.7. The van der Waals surface area contributed by atoms with Gasteiger partial charge in [0, 0.05) is 47.8 Å². The van der Waals surface area contributed by atoms with Crippen LogP contribution in [0.5, 0.6) is 0 Å². The fourth-order valence-electron chi connectivity index (χ4n) is 4.57. The number of fused-ring (bicyclic) bond motifs is 1. The molecule has 2 heterocycles. The standard InChI is InChI=1S/C28H29FN4/c1-19-16-20(4-10-26(19)29)21-5-11-27-25(17-21)28(12-14-30-27)31-22-6-8-23(9-7-22)33-15-13-24(18-33)32(2)3/h4-12,14,16-17,24H,13,15,18H2,1-3H3,(H,30,31). The molecule has 0 spiro atoms. The van der Waals surface area contributed by atoms with Gasteiger partial charge in [-0.25, -0.2) is 4.39 Å². The summed E-state index contributed by atoms with van der Waals surface area (Å²) in [5, 5.41) is 4.60. The number of nitrogens with zero attached hydrogens (tertiary/aromatic N) is 3. The first-order valence-electron chi connectivity index (χ1n) is 11.4. The van der Waals surface area contributed by atoms with Crippen molar-refractivity contribution in [3.8, 4) is 11.1 Å². The van der Waals surface area contributed by atoms with E-state index < -0.39 is 0 Å². The molecule has 4 nitrogen and oxygen atoms in total. The van der Waals surface area contributed by atoms with Crippen molar-refractivity contribution in [1.82, 2.24) is 9.88 Å². The van der Waals surface area contributed by atoms with Crippen molar-refractivity contribution >= 4 is 28.0 Å². The number of benzene rings is 3. The minimum Gasteiger partial charge on any atom is -0.370 e. The van der Waals surface area contributed by atoms with Gasteiger partial charge in [0.15, 0.2) is 0 Å². The molecule has 3 aromatic carbocycles. The smallest absolute Gasteiger partial charge is 0.126 e. The molecule has 1 N–H and O–H groups in total. The van der Waals surface area contributed by atoms with Gasteiger partial charge in [0.2, 0.25) is 0 Å². The van der Waals surface area contributed by atoms with E-state index in [1.165, 1.54) is 18.2 Å². The monoisotopic (exact) mass is 440 g/mol. The van der Waals surface area contributed by atoms with Crippen molar-refractivity contribution in [2.45, 2.75) is 19.4 Å². The number of pyridine rings is 1. The van der Waals surface area contributed by atoms with Crippen LogP contribution in [0.4, 0.5) is 21.5 Å². The zero-order valence-electron chi connectivity index (χ0n) is 19.3. The van der Waals surface area contributed by atoms with Gasteiger partial charge in [-0.1, -0.05) is 12.1 Å². The summed E-state index contributed by atoms with van der Waals surface area (Å²) in [7, 11) is 4.31.